The largest absolute Gasteiger partial charge is 0.385 e. The summed E-state index contributed by atoms with van der Waals surface area (Å²) in [5.74, 6) is 0. The van der Waals surface area contributed by atoms with Crippen LogP contribution in [-0.2, 0) is 0 Å². The molecule has 1 N–H and O–H groups in total. The van der Waals surface area contributed by atoms with E-state index in [2.05, 4.69) is 5.32 Å². The van der Waals surface area contributed by atoms with Gasteiger partial charge in [-0.1, -0.05) is 13.8 Å². The summed E-state index contributed by atoms with van der Waals surface area (Å²) < 4.78 is 0. The van der Waals surface area contributed by atoms with Gasteiger partial charge in [0.05, 0.1) is 15.9 Å². The van der Waals surface area contributed by atoms with Crippen molar-refractivity contribution in [3.63, 3.8) is 0 Å². The average molecular weight is 241 g/mol. The molecule has 0 saturated heterocycles. The number of non-ortho nitro benzene ring substituents is 2. The third kappa shape index (κ3) is 4.45. The normalized spacial score (nSPS) is 8.88. The van der Waals surface area contributed by atoms with Crippen LogP contribution in [0.2, 0.25) is 0 Å². The Kier molecular flexibility index (Phi) is 6.24. The van der Waals surface area contributed by atoms with Crippen molar-refractivity contribution < 1.29 is 9.85 Å². The van der Waals surface area contributed by atoms with Gasteiger partial charge in [-0.3, -0.25) is 20.2 Å². The lowest BCUT2D eigenvalue weighted by atomic mass is 10.2. The molecule has 0 bridgehead atoms. The highest BCUT2D eigenvalue weighted by molar-refractivity contribution is 5.58. The molecular formula is C10H15N3O4. The molecule has 94 valence electrons. The topological polar surface area (TPSA) is 98.3 Å². The van der Waals surface area contributed by atoms with E-state index in [1.54, 1.807) is 6.92 Å². The first-order valence-electron chi connectivity index (χ1n) is 5.22. The number of anilines is 1. The highest BCUT2D eigenvalue weighted by Gasteiger charge is 2.15. The van der Waals surface area contributed by atoms with Crippen molar-refractivity contribution in [2.75, 3.05) is 11.9 Å². The Morgan fingerprint density at radius 3 is 1.76 bits per heavy atom. The zero-order valence-corrected chi connectivity index (χ0v) is 9.97. The fourth-order valence-corrected chi connectivity index (χ4v) is 1.11. The Balaban J connectivity index is 0.00000121. The van der Waals surface area contributed by atoms with Crippen molar-refractivity contribution in [2.45, 2.75) is 20.8 Å². The van der Waals surface area contributed by atoms with Crippen LogP contribution in [0.15, 0.2) is 18.2 Å². The van der Waals surface area contributed by atoms with Crippen LogP contribution in [0.25, 0.3) is 0 Å². The molecule has 0 aliphatic carbocycles. The number of hydrogen-bond acceptors (Lipinski definition) is 5. The molecule has 0 amide bonds. The number of nitro groups is 2. The Bertz CT molecular complexity index is 374. The Hall–Kier alpha value is -2.18. The molecule has 0 spiro atoms. The molecule has 0 heterocycles. The van der Waals surface area contributed by atoms with Crippen LogP contribution in [0.3, 0.4) is 0 Å². The number of rotatable bonds is 4. The maximum Gasteiger partial charge on any atom is 0.278 e. The van der Waals surface area contributed by atoms with Gasteiger partial charge in [0.15, 0.2) is 0 Å². The van der Waals surface area contributed by atoms with Gasteiger partial charge in [-0.15, -0.1) is 0 Å². The minimum absolute atomic E-state index is 0.292. The van der Waals surface area contributed by atoms with Gasteiger partial charge in [0.2, 0.25) is 0 Å². The van der Waals surface area contributed by atoms with Crippen LogP contribution in [0.5, 0.6) is 0 Å². The first kappa shape index (κ1) is 14.8. The summed E-state index contributed by atoms with van der Waals surface area (Å²) in [7, 11) is 0. The van der Waals surface area contributed by atoms with E-state index in [1.165, 1.54) is 12.1 Å². The van der Waals surface area contributed by atoms with Crippen LogP contribution < -0.4 is 5.32 Å². The molecule has 17 heavy (non-hydrogen) atoms. The minimum atomic E-state index is -0.659. The van der Waals surface area contributed by atoms with Crippen molar-refractivity contribution in [1.82, 2.24) is 0 Å². The van der Waals surface area contributed by atoms with Gasteiger partial charge in [-0.05, 0) is 6.92 Å². The fraction of sp³-hybridized carbons (Fsp3) is 0.400. The van der Waals surface area contributed by atoms with Crippen LogP contribution in [-0.4, -0.2) is 16.4 Å². The number of nitrogens with one attached hydrogen (secondary N) is 1. The molecular weight excluding hydrogens is 226 g/mol. The predicted octanol–water partition coefficient (Wildman–Crippen LogP) is 2.96. The lowest BCUT2D eigenvalue weighted by molar-refractivity contribution is -0.394. The highest BCUT2D eigenvalue weighted by Crippen LogP contribution is 2.25. The molecule has 0 atom stereocenters. The summed E-state index contributed by atoms with van der Waals surface area (Å²) in [6, 6.07) is 3.45. The van der Waals surface area contributed by atoms with Gasteiger partial charge < -0.3 is 5.32 Å². The average Bonchev–Trinajstić information content (AvgIpc) is 2.31. The van der Waals surface area contributed by atoms with E-state index in [-0.39, 0.29) is 11.4 Å². The molecule has 0 aromatic heterocycles. The van der Waals surface area contributed by atoms with Gasteiger partial charge in [0.1, 0.15) is 0 Å². The van der Waals surface area contributed by atoms with E-state index in [1.807, 2.05) is 13.8 Å². The number of hydrogen-bond donors (Lipinski definition) is 1. The smallest absolute Gasteiger partial charge is 0.278 e. The number of benzene rings is 1. The molecule has 1 rings (SSSR count). The minimum Gasteiger partial charge on any atom is -0.385 e. The van der Waals surface area contributed by atoms with Crippen molar-refractivity contribution in [3.05, 3.63) is 38.4 Å². The van der Waals surface area contributed by atoms with Crippen molar-refractivity contribution >= 4 is 17.1 Å². The lowest BCUT2D eigenvalue weighted by Gasteiger charge is -2.02. The van der Waals surface area contributed by atoms with Crippen molar-refractivity contribution in [2.24, 2.45) is 0 Å². The van der Waals surface area contributed by atoms with Gasteiger partial charge in [-0.2, -0.15) is 0 Å². The zero-order chi connectivity index (χ0) is 13.4. The van der Waals surface area contributed by atoms with E-state index in [0.717, 1.165) is 6.07 Å². The Labute approximate surface area is 98.8 Å². The molecule has 0 aliphatic rings. The third-order valence-corrected chi connectivity index (χ3v) is 1.71. The van der Waals surface area contributed by atoms with Gasteiger partial charge in [-0.25, -0.2) is 0 Å². The second-order valence-electron chi connectivity index (χ2n) is 2.78. The second kappa shape index (κ2) is 7.15. The summed E-state index contributed by atoms with van der Waals surface area (Å²) in [5.41, 5.74) is -0.210. The van der Waals surface area contributed by atoms with Gasteiger partial charge in [0.25, 0.3) is 11.4 Å². The Morgan fingerprint density at radius 2 is 1.47 bits per heavy atom. The van der Waals surface area contributed by atoms with E-state index in [9.17, 15) is 20.2 Å². The predicted molar refractivity (Wildman–Crippen MR) is 65.3 cm³/mol. The van der Waals surface area contributed by atoms with Crippen LogP contribution in [0.1, 0.15) is 20.8 Å². The summed E-state index contributed by atoms with van der Waals surface area (Å²) in [4.78, 5) is 19.7. The standard InChI is InChI=1S/C8H9N3O4.C2H6/c1-2-9-6-3-7(10(12)13)5-8(4-6)11(14)15;1-2/h3-5,9H,2H2,1H3;1-2H3. The van der Waals surface area contributed by atoms with E-state index in [4.69, 9.17) is 0 Å². The zero-order valence-electron chi connectivity index (χ0n) is 9.97. The molecule has 7 nitrogen and oxygen atoms in total. The molecule has 0 fully saturated rings. The molecule has 0 unspecified atom stereocenters. The lowest BCUT2D eigenvalue weighted by Crippen LogP contribution is -1.99. The summed E-state index contributed by atoms with van der Waals surface area (Å²) in [5, 5.41) is 23.8. The molecule has 1 aromatic rings. The van der Waals surface area contributed by atoms with Crippen molar-refractivity contribution in [1.29, 1.82) is 0 Å². The second-order valence-corrected chi connectivity index (χ2v) is 2.78. The monoisotopic (exact) mass is 241 g/mol. The SMILES string of the molecule is CC.CCNc1cc([N+](=O)[O-])cc([N+](=O)[O-])c1. The molecule has 7 heteroatoms. The first-order chi connectivity index (χ1) is 8.04. The first-order valence-corrected chi connectivity index (χ1v) is 5.22. The van der Waals surface area contributed by atoms with E-state index in [0.29, 0.717) is 12.2 Å². The van der Waals surface area contributed by atoms with Crippen LogP contribution >= 0.6 is 0 Å². The quantitative estimate of drug-likeness (QED) is 0.645. The third-order valence-electron chi connectivity index (χ3n) is 1.71. The summed E-state index contributed by atoms with van der Waals surface area (Å²) in [6.45, 7) is 6.34. The molecule has 0 aliphatic heterocycles. The van der Waals surface area contributed by atoms with Gasteiger partial charge >= 0.3 is 0 Å². The highest BCUT2D eigenvalue weighted by atomic mass is 16.6. The van der Waals surface area contributed by atoms with Crippen molar-refractivity contribution in [3.8, 4) is 0 Å². The van der Waals surface area contributed by atoms with E-state index < -0.39 is 9.85 Å². The van der Waals surface area contributed by atoms with Crippen LogP contribution in [0.4, 0.5) is 17.1 Å². The molecule has 1 aromatic carbocycles. The molecule has 0 radical (unpaired) electrons. The maximum absolute atomic E-state index is 10.5. The van der Waals surface area contributed by atoms with E-state index >= 15 is 0 Å². The van der Waals surface area contributed by atoms with Crippen LogP contribution in [0, 0.1) is 20.2 Å². The Morgan fingerprint density at radius 1 is 1.06 bits per heavy atom. The van der Waals surface area contributed by atoms with Gasteiger partial charge in [0, 0.05) is 24.4 Å². The summed E-state index contributed by atoms with van der Waals surface area (Å²) in [6.07, 6.45) is 0. The summed E-state index contributed by atoms with van der Waals surface area (Å²) >= 11 is 0. The number of nitro benzene ring substituents is 2. The number of nitrogens with zero attached hydrogens (tertiary/aromatic N) is 2. The molecule has 0 saturated carbocycles. The fourth-order valence-electron chi connectivity index (χ4n) is 1.11. The maximum atomic E-state index is 10.5.